The van der Waals surface area contributed by atoms with Crippen LogP contribution < -0.4 is 5.56 Å². The van der Waals surface area contributed by atoms with Crippen LogP contribution >= 0.6 is 0 Å². The average Bonchev–Trinajstić information content (AvgIpc) is 2.87. The van der Waals surface area contributed by atoms with E-state index in [-0.39, 0.29) is 5.56 Å². The largest absolute Gasteiger partial charge is 0.338 e. The fourth-order valence-corrected chi connectivity index (χ4v) is 3.03. The first kappa shape index (κ1) is 13.4. The van der Waals surface area contributed by atoms with Crippen LogP contribution in [0.2, 0.25) is 0 Å². The van der Waals surface area contributed by atoms with Gasteiger partial charge >= 0.3 is 0 Å². The van der Waals surface area contributed by atoms with Crippen molar-refractivity contribution < 1.29 is 0 Å². The van der Waals surface area contributed by atoms with Crippen molar-refractivity contribution in [2.45, 2.75) is 33.1 Å². The Labute approximate surface area is 122 Å². The number of nitrogens with one attached hydrogen (secondary N) is 1. The number of benzene rings is 1. The standard InChI is InChI=1S/C17H17N3O/c1-3-7-12-11(4-2)17(21)20-15-9-6-5-8-14(15)19-16(20)13(12)10-18/h5-6,8-9,19H,3-4,7H2,1-2H3. The first-order chi connectivity index (χ1) is 10.2. The summed E-state index contributed by atoms with van der Waals surface area (Å²) in [6.07, 6.45) is 2.32. The minimum Gasteiger partial charge on any atom is -0.338 e. The SMILES string of the molecule is CCCc1c(CC)c(=O)n2c([nH]c3ccccc32)c1C#N. The number of aromatic nitrogens is 2. The predicted octanol–water partition coefficient (Wildman–Crippen LogP) is 3.17. The van der Waals surface area contributed by atoms with E-state index in [1.807, 2.05) is 31.2 Å². The summed E-state index contributed by atoms with van der Waals surface area (Å²) in [5, 5.41) is 9.59. The number of aromatic amines is 1. The van der Waals surface area contributed by atoms with Gasteiger partial charge in [0.05, 0.1) is 16.6 Å². The molecule has 0 aliphatic rings. The molecule has 0 spiro atoms. The van der Waals surface area contributed by atoms with E-state index < -0.39 is 0 Å². The van der Waals surface area contributed by atoms with Crippen LogP contribution in [0.3, 0.4) is 0 Å². The summed E-state index contributed by atoms with van der Waals surface area (Å²) in [6.45, 7) is 4.03. The van der Waals surface area contributed by atoms with E-state index >= 15 is 0 Å². The fourth-order valence-electron chi connectivity index (χ4n) is 3.03. The summed E-state index contributed by atoms with van der Waals surface area (Å²) < 4.78 is 1.64. The lowest BCUT2D eigenvalue weighted by molar-refractivity contribution is 0.877. The molecule has 3 aromatic rings. The molecule has 2 heterocycles. The first-order valence-corrected chi connectivity index (χ1v) is 7.30. The second-order valence-electron chi connectivity index (χ2n) is 5.18. The third-order valence-electron chi connectivity index (χ3n) is 3.95. The molecule has 1 N–H and O–H groups in total. The zero-order valence-electron chi connectivity index (χ0n) is 12.2. The fraction of sp³-hybridized carbons (Fsp3) is 0.294. The number of hydrogen-bond donors (Lipinski definition) is 1. The first-order valence-electron chi connectivity index (χ1n) is 7.30. The highest BCUT2D eigenvalue weighted by Crippen LogP contribution is 2.23. The maximum absolute atomic E-state index is 12.8. The van der Waals surface area contributed by atoms with Crippen molar-refractivity contribution in [3.8, 4) is 6.07 Å². The maximum atomic E-state index is 12.8. The van der Waals surface area contributed by atoms with Gasteiger partial charge in [0.1, 0.15) is 11.7 Å². The molecule has 0 saturated carbocycles. The number of hydrogen-bond acceptors (Lipinski definition) is 2. The number of pyridine rings is 1. The van der Waals surface area contributed by atoms with Crippen molar-refractivity contribution in [2.24, 2.45) is 0 Å². The number of nitrogens with zero attached hydrogens (tertiary/aromatic N) is 2. The van der Waals surface area contributed by atoms with Gasteiger partial charge in [-0.3, -0.25) is 9.20 Å². The predicted molar refractivity (Wildman–Crippen MR) is 83.6 cm³/mol. The Morgan fingerprint density at radius 1 is 1.24 bits per heavy atom. The van der Waals surface area contributed by atoms with Crippen molar-refractivity contribution in [2.75, 3.05) is 0 Å². The van der Waals surface area contributed by atoms with E-state index in [2.05, 4.69) is 18.0 Å². The summed E-state index contributed by atoms with van der Waals surface area (Å²) in [4.78, 5) is 16.1. The van der Waals surface area contributed by atoms with Gasteiger partial charge in [-0.25, -0.2) is 0 Å². The Bertz CT molecular complexity index is 925. The van der Waals surface area contributed by atoms with Crippen molar-refractivity contribution in [1.82, 2.24) is 9.38 Å². The van der Waals surface area contributed by atoms with Gasteiger partial charge in [-0.15, -0.1) is 0 Å². The molecule has 0 unspecified atom stereocenters. The van der Waals surface area contributed by atoms with Gasteiger partial charge in [0, 0.05) is 5.56 Å². The maximum Gasteiger partial charge on any atom is 0.260 e. The van der Waals surface area contributed by atoms with Gasteiger partial charge in [-0.2, -0.15) is 5.26 Å². The Hall–Kier alpha value is -2.54. The molecule has 0 amide bonds. The van der Waals surface area contributed by atoms with Gasteiger partial charge in [-0.1, -0.05) is 32.4 Å². The summed E-state index contributed by atoms with van der Waals surface area (Å²) in [5.41, 5.74) is 4.57. The van der Waals surface area contributed by atoms with Crippen LogP contribution in [0.5, 0.6) is 0 Å². The molecule has 0 saturated heterocycles. The van der Waals surface area contributed by atoms with Crippen LogP contribution in [-0.2, 0) is 12.8 Å². The smallest absolute Gasteiger partial charge is 0.260 e. The number of rotatable bonds is 3. The molecule has 0 fully saturated rings. The summed E-state index contributed by atoms with van der Waals surface area (Å²) in [6, 6.07) is 9.94. The number of H-pyrrole nitrogens is 1. The van der Waals surface area contributed by atoms with Gasteiger partial charge in [0.2, 0.25) is 0 Å². The molecular formula is C17H17N3O. The van der Waals surface area contributed by atoms with E-state index in [0.29, 0.717) is 17.6 Å². The average molecular weight is 279 g/mol. The number of fused-ring (bicyclic) bond motifs is 3. The monoisotopic (exact) mass is 279 g/mol. The zero-order chi connectivity index (χ0) is 15.0. The van der Waals surface area contributed by atoms with Crippen LogP contribution in [0.25, 0.3) is 16.7 Å². The van der Waals surface area contributed by atoms with Crippen molar-refractivity contribution in [3.63, 3.8) is 0 Å². The van der Waals surface area contributed by atoms with E-state index in [1.165, 1.54) is 0 Å². The Morgan fingerprint density at radius 2 is 2.00 bits per heavy atom. The van der Waals surface area contributed by atoms with Crippen molar-refractivity contribution in [3.05, 3.63) is 51.3 Å². The minimum absolute atomic E-state index is 0.00704. The third kappa shape index (κ3) is 1.85. The van der Waals surface area contributed by atoms with E-state index in [1.54, 1.807) is 4.40 Å². The summed E-state index contributed by atoms with van der Waals surface area (Å²) >= 11 is 0. The Kier molecular flexibility index (Phi) is 3.26. The highest BCUT2D eigenvalue weighted by Gasteiger charge is 2.19. The molecule has 0 bridgehead atoms. The second kappa shape index (κ2) is 5.10. The lowest BCUT2D eigenvalue weighted by Crippen LogP contribution is -2.21. The molecule has 2 aromatic heterocycles. The normalized spacial score (nSPS) is 11.1. The second-order valence-corrected chi connectivity index (χ2v) is 5.18. The molecule has 4 heteroatoms. The minimum atomic E-state index is -0.00704. The third-order valence-corrected chi connectivity index (χ3v) is 3.95. The summed E-state index contributed by atoms with van der Waals surface area (Å²) in [7, 11) is 0. The molecule has 4 nitrogen and oxygen atoms in total. The number of para-hydroxylation sites is 2. The molecule has 0 aliphatic carbocycles. The van der Waals surface area contributed by atoms with Crippen molar-refractivity contribution in [1.29, 1.82) is 5.26 Å². The molecule has 1 aromatic carbocycles. The van der Waals surface area contributed by atoms with Crippen LogP contribution in [0.15, 0.2) is 29.1 Å². The molecule has 106 valence electrons. The molecule has 21 heavy (non-hydrogen) atoms. The summed E-state index contributed by atoms with van der Waals surface area (Å²) in [5.74, 6) is 0. The van der Waals surface area contributed by atoms with E-state index in [4.69, 9.17) is 0 Å². The Balaban J connectivity index is 2.59. The zero-order valence-corrected chi connectivity index (χ0v) is 12.2. The lowest BCUT2D eigenvalue weighted by Gasteiger charge is -2.10. The quantitative estimate of drug-likeness (QED) is 0.800. The lowest BCUT2D eigenvalue weighted by atomic mass is 9.98. The molecule has 3 rings (SSSR count). The van der Waals surface area contributed by atoms with Gasteiger partial charge in [0.25, 0.3) is 5.56 Å². The van der Waals surface area contributed by atoms with E-state index in [9.17, 15) is 10.1 Å². The van der Waals surface area contributed by atoms with Crippen molar-refractivity contribution >= 4 is 16.7 Å². The van der Waals surface area contributed by atoms with Gasteiger partial charge in [-0.05, 0) is 30.5 Å². The highest BCUT2D eigenvalue weighted by molar-refractivity contribution is 5.83. The Morgan fingerprint density at radius 3 is 2.67 bits per heavy atom. The number of nitriles is 1. The van der Waals surface area contributed by atoms with Crippen LogP contribution in [0, 0.1) is 11.3 Å². The molecular weight excluding hydrogens is 262 g/mol. The molecule has 0 atom stereocenters. The van der Waals surface area contributed by atoms with Crippen LogP contribution in [0.1, 0.15) is 37.0 Å². The van der Waals surface area contributed by atoms with E-state index in [0.717, 1.165) is 35.0 Å². The topological polar surface area (TPSA) is 61.1 Å². The van der Waals surface area contributed by atoms with Gasteiger partial charge in [0.15, 0.2) is 0 Å². The highest BCUT2D eigenvalue weighted by atomic mass is 16.1. The van der Waals surface area contributed by atoms with Crippen LogP contribution in [0.4, 0.5) is 0 Å². The van der Waals surface area contributed by atoms with Gasteiger partial charge < -0.3 is 4.98 Å². The van der Waals surface area contributed by atoms with Crippen LogP contribution in [-0.4, -0.2) is 9.38 Å². The molecule has 0 aliphatic heterocycles. The molecule has 0 radical (unpaired) electrons. The number of imidazole rings is 1.